The van der Waals surface area contributed by atoms with Crippen LogP contribution in [0.1, 0.15) is 38.2 Å². The first-order valence-electron chi connectivity index (χ1n) is 7.35. The fraction of sp³-hybridized carbons (Fsp3) is 0.625. The van der Waals surface area contributed by atoms with Crippen LogP contribution in [0.15, 0.2) is 18.2 Å². The van der Waals surface area contributed by atoms with Gasteiger partial charge in [-0.25, -0.2) is 4.39 Å². The summed E-state index contributed by atoms with van der Waals surface area (Å²) in [4.78, 5) is 0. The molecule has 0 heterocycles. The quantitative estimate of drug-likeness (QED) is 0.842. The number of halogens is 2. The molecule has 1 aliphatic carbocycles. The van der Waals surface area contributed by atoms with E-state index in [0.29, 0.717) is 16.9 Å². The van der Waals surface area contributed by atoms with Crippen LogP contribution in [-0.4, -0.2) is 13.1 Å². The summed E-state index contributed by atoms with van der Waals surface area (Å²) in [5.74, 6) is 1.15. The Bertz CT molecular complexity index is 408. The lowest BCUT2D eigenvalue weighted by Crippen LogP contribution is -2.31. The molecule has 0 amide bonds. The van der Waals surface area contributed by atoms with E-state index in [2.05, 4.69) is 12.2 Å². The molecule has 106 valence electrons. The molecule has 0 radical (unpaired) electrons. The summed E-state index contributed by atoms with van der Waals surface area (Å²) < 4.78 is 13.3. The highest BCUT2D eigenvalue weighted by atomic mass is 35.5. The minimum atomic E-state index is -0.182. The predicted molar refractivity (Wildman–Crippen MR) is 79.1 cm³/mol. The van der Waals surface area contributed by atoms with Gasteiger partial charge in [0.25, 0.3) is 0 Å². The van der Waals surface area contributed by atoms with Crippen LogP contribution in [0.2, 0.25) is 5.02 Å². The van der Waals surface area contributed by atoms with Crippen molar-refractivity contribution in [3.05, 3.63) is 34.6 Å². The number of rotatable bonds is 5. The fourth-order valence-electron chi connectivity index (χ4n) is 3.13. The van der Waals surface area contributed by atoms with Crippen molar-refractivity contribution in [3.8, 4) is 0 Å². The molecular formula is C16H23ClFN. The van der Waals surface area contributed by atoms with E-state index in [-0.39, 0.29) is 5.82 Å². The maximum absolute atomic E-state index is 13.3. The summed E-state index contributed by atoms with van der Waals surface area (Å²) in [6.45, 7) is 4.24. The van der Waals surface area contributed by atoms with Crippen molar-refractivity contribution in [2.24, 2.45) is 11.8 Å². The molecule has 0 aromatic heterocycles. The Labute approximate surface area is 120 Å². The molecule has 0 aliphatic heterocycles. The van der Waals surface area contributed by atoms with Gasteiger partial charge in [-0.1, -0.05) is 31.4 Å². The average Bonchev–Trinajstić information content (AvgIpc) is 2.42. The third kappa shape index (κ3) is 4.19. The minimum Gasteiger partial charge on any atom is -0.317 e. The summed E-state index contributed by atoms with van der Waals surface area (Å²) in [5, 5.41) is 4.16. The second-order valence-corrected chi connectivity index (χ2v) is 5.96. The maximum Gasteiger partial charge on any atom is 0.123 e. The highest BCUT2D eigenvalue weighted by Gasteiger charge is 2.25. The summed E-state index contributed by atoms with van der Waals surface area (Å²) in [5.41, 5.74) is 0.968. The van der Waals surface area contributed by atoms with Crippen molar-refractivity contribution in [1.29, 1.82) is 0 Å². The summed E-state index contributed by atoms with van der Waals surface area (Å²) in [6.07, 6.45) is 6.05. The molecule has 2 atom stereocenters. The molecule has 1 nitrogen and oxygen atoms in total. The average molecular weight is 284 g/mol. The SMILES string of the molecule is CCNCC1CCCCC1Cc1cc(F)ccc1Cl. The number of nitrogens with one attached hydrogen (secondary N) is 1. The molecule has 3 heteroatoms. The van der Waals surface area contributed by atoms with Crippen molar-refractivity contribution >= 4 is 11.6 Å². The second kappa shape index (κ2) is 7.25. The van der Waals surface area contributed by atoms with Gasteiger partial charge in [-0.3, -0.25) is 0 Å². The van der Waals surface area contributed by atoms with E-state index in [0.717, 1.165) is 25.1 Å². The third-order valence-corrected chi connectivity index (χ3v) is 4.58. The van der Waals surface area contributed by atoms with Crippen LogP contribution in [0.25, 0.3) is 0 Å². The zero-order chi connectivity index (χ0) is 13.7. The van der Waals surface area contributed by atoms with Crippen molar-refractivity contribution < 1.29 is 4.39 Å². The monoisotopic (exact) mass is 283 g/mol. The Hall–Kier alpha value is -0.600. The molecule has 19 heavy (non-hydrogen) atoms. The largest absolute Gasteiger partial charge is 0.317 e. The minimum absolute atomic E-state index is 0.182. The number of hydrogen-bond acceptors (Lipinski definition) is 1. The van der Waals surface area contributed by atoms with Gasteiger partial charge >= 0.3 is 0 Å². The lowest BCUT2D eigenvalue weighted by atomic mass is 9.76. The van der Waals surface area contributed by atoms with E-state index in [4.69, 9.17) is 11.6 Å². The van der Waals surface area contributed by atoms with Crippen molar-refractivity contribution in [1.82, 2.24) is 5.32 Å². The maximum atomic E-state index is 13.3. The molecule has 0 saturated heterocycles. The first-order chi connectivity index (χ1) is 9.20. The Morgan fingerprint density at radius 3 is 2.74 bits per heavy atom. The summed E-state index contributed by atoms with van der Waals surface area (Å²) >= 11 is 6.19. The Morgan fingerprint density at radius 1 is 1.26 bits per heavy atom. The van der Waals surface area contributed by atoms with Crippen molar-refractivity contribution in [3.63, 3.8) is 0 Å². The van der Waals surface area contributed by atoms with Crippen LogP contribution in [0.5, 0.6) is 0 Å². The molecular weight excluding hydrogens is 261 g/mol. The van der Waals surface area contributed by atoms with E-state index in [9.17, 15) is 4.39 Å². The molecule has 1 aromatic rings. The first-order valence-corrected chi connectivity index (χ1v) is 7.73. The zero-order valence-corrected chi connectivity index (χ0v) is 12.3. The number of hydrogen-bond donors (Lipinski definition) is 1. The number of benzene rings is 1. The molecule has 1 saturated carbocycles. The van der Waals surface area contributed by atoms with E-state index in [1.165, 1.54) is 31.7 Å². The Balaban J connectivity index is 2.04. The molecule has 1 fully saturated rings. The van der Waals surface area contributed by atoms with Crippen LogP contribution < -0.4 is 5.32 Å². The molecule has 1 aliphatic rings. The smallest absolute Gasteiger partial charge is 0.123 e. The van der Waals surface area contributed by atoms with Gasteiger partial charge in [0.05, 0.1) is 0 Å². The molecule has 1 N–H and O–H groups in total. The van der Waals surface area contributed by atoms with Crippen molar-refractivity contribution in [2.75, 3.05) is 13.1 Å². The van der Waals surface area contributed by atoms with Gasteiger partial charge in [0.15, 0.2) is 0 Å². The van der Waals surface area contributed by atoms with Crippen LogP contribution in [0.3, 0.4) is 0 Å². The fourth-order valence-corrected chi connectivity index (χ4v) is 3.33. The second-order valence-electron chi connectivity index (χ2n) is 5.55. The Morgan fingerprint density at radius 2 is 2.00 bits per heavy atom. The molecule has 2 rings (SSSR count). The van der Waals surface area contributed by atoms with Gasteiger partial charge < -0.3 is 5.32 Å². The molecule has 0 spiro atoms. The summed E-state index contributed by atoms with van der Waals surface area (Å²) in [6, 6.07) is 4.71. The van der Waals surface area contributed by atoms with Gasteiger partial charge in [0.1, 0.15) is 5.82 Å². The normalized spacial score (nSPS) is 23.5. The van der Waals surface area contributed by atoms with E-state index in [1.807, 2.05) is 0 Å². The van der Waals surface area contributed by atoms with Gasteiger partial charge in [-0.15, -0.1) is 0 Å². The summed E-state index contributed by atoms with van der Waals surface area (Å²) in [7, 11) is 0. The van der Waals surface area contributed by atoms with Crippen LogP contribution >= 0.6 is 11.6 Å². The zero-order valence-electron chi connectivity index (χ0n) is 11.6. The van der Waals surface area contributed by atoms with Gasteiger partial charge in [0.2, 0.25) is 0 Å². The topological polar surface area (TPSA) is 12.0 Å². The van der Waals surface area contributed by atoms with E-state index in [1.54, 1.807) is 12.1 Å². The van der Waals surface area contributed by atoms with Crippen LogP contribution in [0.4, 0.5) is 4.39 Å². The lowest BCUT2D eigenvalue weighted by Gasteiger charge is -2.32. The highest BCUT2D eigenvalue weighted by molar-refractivity contribution is 6.31. The van der Waals surface area contributed by atoms with E-state index < -0.39 is 0 Å². The van der Waals surface area contributed by atoms with Gasteiger partial charge in [-0.2, -0.15) is 0 Å². The standard InChI is InChI=1S/C16H23ClFN/c1-2-19-11-13-6-4-3-5-12(13)9-14-10-15(18)7-8-16(14)17/h7-8,10,12-13,19H,2-6,9,11H2,1H3. The lowest BCUT2D eigenvalue weighted by molar-refractivity contribution is 0.229. The van der Waals surface area contributed by atoms with E-state index >= 15 is 0 Å². The van der Waals surface area contributed by atoms with Crippen LogP contribution in [-0.2, 0) is 6.42 Å². The van der Waals surface area contributed by atoms with Gasteiger partial charge in [0, 0.05) is 5.02 Å². The van der Waals surface area contributed by atoms with Crippen LogP contribution in [0, 0.1) is 17.7 Å². The third-order valence-electron chi connectivity index (χ3n) is 4.21. The molecule has 1 aromatic carbocycles. The predicted octanol–water partition coefficient (Wildman–Crippen LogP) is 4.44. The highest BCUT2D eigenvalue weighted by Crippen LogP contribution is 2.33. The Kier molecular flexibility index (Phi) is 5.65. The van der Waals surface area contributed by atoms with Gasteiger partial charge in [-0.05, 0) is 68.0 Å². The molecule has 2 unspecified atom stereocenters. The molecule has 0 bridgehead atoms. The van der Waals surface area contributed by atoms with Crippen molar-refractivity contribution in [2.45, 2.75) is 39.0 Å². The first kappa shape index (κ1) is 14.8.